The van der Waals surface area contributed by atoms with Gasteiger partial charge < -0.3 is 16.4 Å². The summed E-state index contributed by atoms with van der Waals surface area (Å²) in [5.74, 6) is -1.99. The third kappa shape index (κ3) is 3.22. The number of aryl methyl sites for hydroxylation is 1. The Kier molecular flexibility index (Phi) is 4.46. The van der Waals surface area contributed by atoms with E-state index in [9.17, 15) is 13.6 Å². The first-order chi connectivity index (χ1) is 12.5. The largest absolute Gasteiger partial charge is 0.327 e. The average Bonchev–Trinajstić information content (AvgIpc) is 3.21. The summed E-state index contributed by atoms with van der Waals surface area (Å²) in [6, 6.07) is 7.91. The molecule has 0 saturated carbocycles. The fourth-order valence-electron chi connectivity index (χ4n) is 4.02. The van der Waals surface area contributed by atoms with Crippen LogP contribution in [-0.2, 0) is 24.3 Å². The lowest BCUT2D eigenvalue weighted by Gasteiger charge is -2.20. The number of amides is 1. The molecule has 4 rings (SSSR count). The Morgan fingerprint density at radius 2 is 1.92 bits per heavy atom. The first-order valence-electron chi connectivity index (χ1n) is 8.87. The third-order valence-electron chi connectivity index (χ3n) is 5.37. The van der Waals surface area contributed by atoms with Crippen molar-refractivity contribution < 1.29 is 13.6 Å². The molecule has 0 aromatic heterocycles. The first kappa shape index (κ1) is 17.1. The second kappa shape index (κ2) is 6.78. The Bertz CT molecular complexity index is 868. The van der Waals surface area contributed by atoms with Crippen LogP contribution in [0.4, 0.5) is 14.5 Å². The predicted octanol–water partition coefficient (Wildman–Crippen LogP) is 2.95. The highest BCUT2D eigenvalue weighted by molar-refractivity contribution is 5.91. The fourth-order valence-corrected chi connectivity index (χ4v) is 4.02. The number of hydrogen-bond donors (Lipinski definition) is 3. The first-order valence-corrected chi connectivity index (χ1v) is 8.87. The molecular formula is C20H21F2N3O. The number of fused-ring (bicyclic) bond motifs is 2. The van der Waals surface area contributed by atoms with E-state index in [1.165, 1.54) is 23.3 Å². The Labute approximate surface area is 150 Å². The van der Waals surface area contributed by atoms with Crippen LogP contribution in [0, 0.1) is 11.6 Å². The number of hydrogen-bond acceptors (Lipinski definition) is 3. The molecule has 4 nitrogen and oxygen atoms in total. The van der Waals surface area contributed by atoms with Crippen molar-refractivity contribution in [1.29, 1.82) is 0 Å². The molecule has 2 aromatic rings. The Morgan fingerprint density at radius 3 is 2.77 bits per heavy atom. The maximum absolute atomic E-state index is 13.6. The molecule has 2 aromatic carbocycles. The molecule has 2 aliphatic rings. The number of carbonyl (C=O) groups is 1. The summed E-state index contributed by atoms with van der Waals surface area (Å²) in [5, 5.41) is 6.16. The normalized spacial score (nSPS) is 19.1. The van der Waals surface area contributed by atoms with Crippen LogP contribution < -0.4 is 16.4 Å². The summed E-state index contributed by atoms with van der Waals surface area (Å²) < 4.78 is 26.9. The molecule has 4 N–H and O–H groups in total. The molecule has 0 saturated heterocycles. The minimum absolute atomic E-state index is 0.130. The van der Waals surface area contributed by atoms with E-state index in [1.807, 2.05) is 18.2 Å². The number of nitrogens with two attached hydrogens (primary N) is 1. The minimum atomic E-state index is -0.862. The molecule has 0 radical (unpaired) electrons. The van der Waals surface area contributed by atoms with Crippen molar-refractivity contribution in [1.82, 2.24) is 5.32 Å². The van der Waals surface area contributed by atoms with Crippen LogP contribution in [-0.4, -0.2) is 11.9 Å². The van der Waals surface area contributed by atoms with Crippen molar-refractivity contribution >= 4 is 11.6 Å². The molecule has 2 unspecified atom stereocenters. The summed E-state index contributed by atoms with van der Waals surface area (Å²) >= 11 is 0. The average molecular weight is 357 g/mol. The van der Waals surface area contributed by atoms with Gasteiger partial charge in [-0.15, -0.1) is 0 Å². The van der Waals surface area contributed by atoms with Gasteiger partial charge in [0.1, 0.15) is 0 Å². The van der Waals surface area contributed by atoms with E-state index in [0.29, 0.717) is 12.8 Å². The lowest BCUT2D eigenvalue weighted by Crippen LogP contribution is -2.32. The van der Waals surface area contributed by atoms with Gasteiger partial charge in [0.2, 0.25) is 5.91 Å². The standard InChI is InChI=1S/C20H21F2N3O/c21-17-6-11-2-4-15(16(11)7-18(17)22)19(23)8-20(26)25-14-3-1-12-9-24-10-13(12)5-14/h1,3,5-7,15,19,24H,2,4,8-10,23H2,(H,25,26). The van der Waals surface area contributed by atoms with Crippen LogP contribution in [0.15, 0.2) is 30.3 Å². The van der Waals surface area contributed by atoms with Crippen LogP contribution in [0.1, 0.15) is 41.0 Å². The van der Waals surface area contributed by atoms with Crippen molar-refractivity contribution in [2.45, 2.75) is 44.3 Å². The SMILES string of the molecule is NC(CC(=O)Nc1ccc2c(c1)CNC2)C1CCc2cc(F)c(F)cc21. The van der Waals surface area contributed by atoms with Gasteiger partial charge in [0, 0.05) is 37.2 Å². The Hall–Kier alpha value is -2.31. The molecule has 136 valence electrons. The van der Waals surface area contributed by atoms with Gasteiger partial charge in [0.15, 0.2) is 11.6 Å². The molecular weight excluding hydrogens is 336 g/mol. The molecule has 1 heterocycles. The quantitative estimate of drug-likeness (QED) is 0.788. The zero-order chi connectivity index (χ0) is 18.3. The number of halogens is 2. The molecule has 2 atom stereocenters. The van der Waals surface area contributed by atoms with Crippen molar-refractivity contribution in [3.8, 4) is 0 Å². The van der Waals surface area contributed by atoms with Crippen LogP contribution in [0.2, 0.25) is 0 Å². The van der Waals surface area contributed by atoms with Crippen molar-refractivity contribution in [2.75, 3.05) is 5.32 Å². The van der Waals surface area contributed by atoms with Gasteiger partial charge >= 0.3 is 0 Å². The van der Waals surface area contributed by atoms with E-state index in [1.54, 1.807) is 0 Å². The molecule has 0 spiro atoms. The van der Waals surface area contributed by atoms with Gasteiger partial charge in [-0.3, -0.25) is 4.79 Å². The lowest BCUT2D eigenvalue weighted by atomic mass is 9.91. The van der Waals surface area contributed by atoms with E-state index in [-0.39, 0.29) is 18.2 Å². The zero-order valence-electron chi connectivity index (χ0n) is 14.3. The van der Waals surface area contributed by atoms with E-state index in [2.05, 4.69) is 10.6 Å². The summed E-state index contributed by atoms with van der Waals surface area (Å²) in [6.45, 7) is 1.66. The Morgan fingerprint density at radius 1 is 1.15 bits per heavy atom. The van der Waals surface area contributed by atoms with E-state index >= 15 is 0 Å². The van der Waals surface area contributed by atoms with Gasteiger partial charge in [-0.1, -0.05) is 6.07 Å². The minimum Gasteiger partial charge on any atom is -0.327 e. The van der Waals surface area contributed by atoms with E-state index < -0.39 is 17.7 Å². The third-order valence-corrected chi connectivity index (χ3v) is 5.37. The van der Waals surface area contributed by atoms with Gasteiger partial charge in [-0.05, 0) is 59.4 Å². The molecule has 6 heteroatoms. The maximum atomic E-state index is 13.6. The zero-order valence-corrected chi connectivity index (χ0v) is 14.3. The molecule has 1 aliphatic carbocycles. The van der Waals surface area contributed by atoms with Crippen LogP contribution in [0.5, 0.6) is 0 Å². The monoisotopic (exact) mass is 357 g/mol. The van der Waals surface area contributed by atoms with Crippen LogP contribution >= 0.6 is 0 Å². The lowest BCUT2D eigenvalue weighted by molar-refractivity contribution is -0.116. The summed E-state index contributed by atoms with van der Waals surface area (Å²) in [6.07, 6.45) is 1.50. The van der Waals surface area contributed by atoms with E-state index in [4.69, 9.17) is 5.73 Å². The highest BCUT2D eigenvalue weighted by Gasteiger charge is 2.30. The second-order valence-electron chi connectivity index (χ2n) is 7.11. The Balaban J connectivity index is 1.42. The molecule has 1 amide bonds. The second-order valence-corrected chi connectivity index (χ2v) is 7.11. The van der Waals surface area contributed by atoms with Gasteiger partial charge in [0.25, 0.3) is 0 Å². The van der Waals surface area contributed by atoms with Crippen LogP contribution in [0.25, 0.3) is 0 Å². The van der Waals surface area contributed by atoms with Gasteiger partial charge in [-0.25, -0.2) is 8.78 Å². The van der Waals surface area contributed by atoms with Crippen molar-refractivity contribution in [2.24, 2.45) is 5.73 Å². The number of benzene rings is 2. The number of rotatable bonds is 4. The number of carbonyl (C=O) groups excluding carboxylic acids is 1. The predicted molar refractivity (Wildman–Crippen MR) is 95.6 cm³/mol. The maximum Gasteiger partial charge on any atom is 0.225 e. The highest BCUT2D eigenvalue weighted by atomic mass is 19.2. The molecule has 0 fully saturated rings. The van der Waals surface area contributed by atoms with Crippen molar-refractivity contribution in [3.63, 3.8) is 0 Å². The summed E-state index contributed by atoms with van der Waals surface area (Å²) in [4.78, 5) is 12.4. The highest BCUT2D eigenvalue weighted by Crippen LogP contribution is 2.37. The van der Waals surface area contributed by atoms with Gasteiger partial charge in [0.05, 0.1) is 0 Å². The van der Waals surface area contributed by atoms with Gasteiger partial charge in [-0.2, -0.15) is 0 Å². The van der Waals surface area contributed by atoms with Crippen molar-refractivity contribution in [3.05, 3.63) is 64.2 Å². The molecule has 1 aliphatic heterocycles. The van der Waals surface area contributed by atoms with E-state index in [0.717, 1.165) is 29.9 Å². The number of anilines is 1. The molecule has 0 bridgehead atoms. The smallest absolute Gasteiger partial charge is 0.225 e. The van der Waals surface area contributed by atoms with Crippen LogP contribution in [0.3, 0.4) is 0 Å². The molecule has 26 heavy (non-hydrogen) atoms. The fraction of sp³-hybridized carbons (Fsp3) is 0.350. The number of nitrogens with one attached hydrogen (secondary N) is 2. The topological polar surface area (TPSA) is 67.2 Å². The summed E-state index contributed by atoms with van der Waals surface area (Å²) in [7, 11) is 0. The summed E-state index contributed by atoms with van der Waals surface area (Å²) in [5.41, 5.74) is 10.9.